The summed E-state index contributed by atoms with van der Waals surface area (Å²) in [5.41, 5.74) is 4.54. The molecule has 0 amide bonds. The van der Waals surface area contributed by atoms with Crippen molar-refractivity contribution in [3.05, 3.63) is 46.7 Å². The number of rotatable bonds is 3. The standard InChI is InChI=1S/C17H15BrN2O2/c1-10-9-19-17-15(18)5-4-14(16(17)20-10)11-6-12(21-2)8-13(7-11)22-3/h4-9H,1-3H3. The predicted octanol–water partition coefficient (Wildman–Crippen LogP) is 4.38. The summed E-state index contributed by atoms with van der Waals surface area (Å²) in [6, 6.07) is 9.79. The number of hydrogen-bond acceptors (Lipinski definition) is 4. The van der Waals surface area contributed by atoms with Crippen LogP contribution in [0.15, 0.2) is 41.0 Å². The molecule has 3 rings (SSSR count). The van der Waals surface area contributed by atoms with Crippen LogP contribution in [0.1, 0.15) is 5.69 Å². The second kappa shape index (κ2) is 5.93. The van der Waals surface area contributed by atoms with E-state index in [9.17, 15) is 0 Å². The van der Waals surface area contributed by atoms with Crippen molar-refractivity contribution < 1.29 is 9.47 Å². The van der Waals surface area contributed by atoms with E-state index in [1.807, 2.05) is 37.3 Å². The number of methoxy groups -OCH3 is 2. The lowest BCUT2D eigenvalue weighted by molar-refractivity contribution is 0.394. The number of hydrogen-bond donors (Lipinski definition) is 0. The summed E-state index contributed by atoms with van der Waals surface area (Å²) in [6.45, 7) is 1.93. The Morgan fingerprint density at radius 2 is 1.64 bits per heavy atom. The Morgan fingerprint density at radius 3 is 2.27 bits per heavy atom. The van der Waals surface area contributed by atoms with Crippen molar-refractivity contribution in [1.82, 2.24) is 9.97 Å². The molecule has 0 saturated carbocycles. The normalized spacial score (nSPS) is 10.7. The molecule has 5 heteroatoms. The van der Waals surface area contributed by atoms with E-state index in [1.165, 1.54) is 0 Å². The molecular formula is C17H15BrN2O2. The second-order valence-electron chi connectivity index (χ2n) is 4.90. The van der Waals surface area contributed by atoms with Crippen molar-refractivity contribution in [2.75, 3.05) is 14.2 Å². The van der Waals surface area contributed by atoms with Crippen molar-refractivity contribution in [1.29, 1.82) is 0 Å². The summed E-state index contributed by atoms with van der Waals surface area (Å²) in [6.07, 6.45) is 1.77. The number of aryl methyl sites for hydroxylation is 1. The molecule has 22 heavy (non-hydrogen) atoms. The van der Waals surface area contributed by atoms with Gasteiger partial charge in [-0.15, -0.1) is 0 Å². The largest absolute Gasteiger partial charge is 0.497 e. The second-order valence-corrected chi connectivity index (χ2v) is 5.76. The predicted molar refractivity (Wildman–Crippen MR) is 90.5 cm³/mol. The van der Waals surface area contributed by atoms with Gasteiger partial charge in [0.25, 0.3) is 0 Å². The van der Waals surface area contributed by atoms with Crippen LogP contribution in [0.25, 0.3) is 22.2 Å². The minimum absolute atomic E-state index is 0.742. The van der Waals surface area contributed by atoms with Crippen LogP contribution in [0.4, 0.5) is 0 Å². The maximum atomic E-state index is 5.35. The van der Waals surface area contributed by atoms with E-state index in [2.05, 4.69) is 25.9 Å². The highest BCUT2D eigenvalue weighted by molar-refractivity contribution is 9.10. The monoisotopic (exact) mass is 358 g/mol. The topological polar surface area (TPSA) is 44.2 Å². The average molecular weight is 359 g/mol. The number of aromatic nitrogens is 2. The molecule has 1 aromatic heterocycles. The van der Waals surface area contributed by atoms with Gasteiger partial charge in [0.2, 0.25) is 0 Å². The zero-order valence-electron chi connectivity index (χ0n) is 12.6. The first kappa shape index (κ1) is 14.8. The minimum Gasteiger partial charge on any atom is -0.497 e. The molecule has 0 aliphatic rings. The Hall–Kier alpha value is -2.14. The van der Waals surface area contributed by atoms with Crippen LogP contribution in [0, 0.1) is 6.92 Å². The smallest absolute Gasteiger partial charge is 0.123 e. The molecule has 0 unspecified atom stereocenters. The van der Waals surface area contributed by atoms with Crippen molar-refractivity contribution in [2.45, 2.75) is 6.92 Å². The van der Waals surface area contributed by atoms with Crippen LogP contribution < -0.4 is 9.47 Å². The molecule has 0 N–H and O–H groups in total. The summed E-state index contributed by atoms with van der Waals surface area (Å²) >= 11 is 3.53. The lowest BCUT2D eigenvalue weighted by atomic mass is 10.0. The van der Waals surface area contributed by atoms with Gasteiger partial charge in [0.05, 0.1) is 25.4 Å². The van der Waals surface area contributed by atoms with Crippen LogP contribution in [-0.4, -0.2) is 24.2 Å². The summed E-state index contributed by atoms with van der Waals surface area (Å²) in [5, 5.41) is 0. The highest BCUT2D eigenvalue weighted by Gasteiger charge is 2.12. The first-order valence-corrected chi connectivity index (χ1v) is 7.57. The lowest BCUT2D eigenvalue weighted by Gasteiger charge is -2.11. The zero-order valence-corrected chi connectivity index (χ0v) is 14.1. The fraction of sp³-hybridized carbons (Fsp3) is 0.176. The van der Waals surface area contributed by atoms with Crippen LogP contribution >= 0.6 is 15.9 Å². The fourth-order valence-corrected chi connectivity index (χ4v) is 2.77. The Kier molecular flexibility index (Phi) is 3.98. The third-order valence-corrected chi connectivity index (χ3v) is 4.07. The summed E-state index contributed by atoms with van der Waals surface area (Å²) in [5.74, 6) is 1.48. The molecule has 112 valence electrons. The minimum atomic E-state index is 0.742. The van der Waals surface area contributed by atoms with E-state index in [1.54, 1.807) is 20.4 Å². The van der Waals surface area contributed by atoms with E-state index >= 15 is 0 Å². The number of ether oxygens (including phenoxy) is 2. The van der Waals surface area contributed by atoms with E-state index < -0.39 is 0 Å². The summed E-state index contributed by atoms with van der Waals surface area (Å²) < 4.78 is 11.6. The molecule has 0 bridgehead atoms. The molecule has 0 spiro atoms. The molecule has 3 aromatic rings. The van der Waals surface area contributed by atoms with Crippen molar-refractivity contribution in [2.24, 2.45) is 0 Å². The number of nitrogens with zero attached hydrogens (tertiary/aromatic N) is 2. The molecule has 4 nitrogen and oxygen atoms in total. The summed E-state index contributed by atoms with van der Waals surface area (Å²) in [4.78, 5) is 9.13. The molecule has 0 radical (unpaired) electrons. The van der Waals surface area contributed by atoms with Crippen molar-refractivity contribution in [3.8, 4) is 22.6 Å². The fourth-order valence-electron chi connectivity index (χ4n) is 2.35. The van der Waals surface area contributed by atoms with Crippen molar-refractivity contribution in [3.63, 3.8) is 0 Å². The van der Waals surface area contributed by atoms with E-state index in [0.29, 0.717) is 0 Å². The van der Waals surface area contributed by atoms with Crippen molar-refractivity contribution >= 4 is 27.0 Å². The van der Waals surface area contributed by atoms with Gasteiger partial charge in [-0.05, 0) is 46.6 Å². The number of fused-ring (bicyclic) bond motifs is 1. The third-order valence-electron chi connectivity index (χ3n) is 3.43. The van der Waals surface area contributed by atoms with Crippen LogP contribution in [0.3, 0.4) is 0 Å². The molecule has 0 atom stereocenters. The van der Waals surface area contributed by atoms with E-state index in [-0.39, 0.29) is 0 Å². The molecular weight excluding hydrogens is 344 g/mol. The first-order chi connectivity index (χ1) is 10.6. The average Bonchev–Trinajstić information content (AvgIpc) is 2.54. The highest BCUT2D eigenvalue weighted by Crippen LogP contribution is 2.35. The maximum absolute atomic E-state index is 5.35. The van der Waals surface area contributed by atoms with Gasteiger partial charge < -0.3 is 9.47 Å². The van der Waals surface area contributed by atoms with E-state index in [4.69, 9.17) is 9.47 Å². The van der Waals surface area contributed by atoms with Gasteiger partial charge in [-0.25, -0.2) is 4.98 Å². The van der Waals surface area contributed by atoms with Crippen LogP contribution in [0.2, 0.25) is 0 Å². The van der Waals surface area contributed by atoms with Crippen LogP contribution in [0.5, 0.6) is 11.5 Å². The zero-order chi connectivity index (χ0) is 15.7. The number of benzene rings is 2. The quantitative estimate of drug-likeness (QED) is 0.696. The van der Waals surface area contributed by atoms with E-state index in [0.717, 1.165) is 43.8 Å². The third kappa shape index (κ3) is 2.64. The van der Waals surface area contributed by atoms with Gasteiger partial charge in [-0.2, -0.15) is 0 Å². The van der Waals surface area contributed by atoms with Gasteiger partial charge in [0.1, 0.15) is 17.0 Å². The SMILES string of the molecule is COc1cc(OC)cc(-c2ccc(Br)c3ncc(C)nc23)c1. The van der Waals surface area contributed by atoms with Crippen LogP contribution in [-0.2, 0) is 0 Å². The molecule has 2 aromatic carbocycles. The highest BCUT2D eigenvalue weighted by atomic mass is 79.9. The summed E-state index contributed by atoms with van der Waals surface area (Å²) in [7, 11) is 3.28. The molecule has 1 heterocycles. The van der Waals surface area contributed by atoms with Gasteiger partial charge in [-0.3, -0.25) is 4.98 Å². The molecule has 0 aliphatic carbocycles. The molecule has 0 aliphatic heterocycles. The molecule has 0 fully saturated rings. The Morgan fingerprint density at radius 1 is 0.955 bits per heavy atom. The Bertz CT molecular complexity index is 827. The maximum Gasteiger partial charge on any atom is 0.123 e. The van der Waals surface area contributed by atoms with Gasteiger partial charge in [0, 0.05) is 22.3 Å². The van der Waals surface area contributed by atoms with Gasteiger partial charge in [0.15, 0.2) is 0 Å². The van der Waals surface area contributed by atoms with Gasteiger partial charge >= 0.3 is 0 Å². The number of halogens is 1. The Labute approximate surface area is 137 Å². The Balaban J connectivity index is 2.30. The van der Waals surface area contributed by atoms with Gasteiger partial charge in [-0.1, -0.05) is 6.07 Å². The first-order valence-electron chi connectivity index (χ1n) is 6.77. The molecule has 0 saturated heterocycles. The lowest BCUT2D eigenvalue weighted by Crippen LogP contribution is -1.93.